The monoisotopic (exact) mass is 347 g/mol. The van der Waals surface area contributed by atoms with E-state index in [2.05, 4.69) is 38.3 Å². The molecule has 4 nitrogen and oxygen atoms in total. The minimum absolute atomic E-state index is 0.0613. The van der Waals surface area contributed by atoms with E-state index >= 15 is 0 Å². The quantitative estimate of drug-likeness (QED) is 0.908. The Bertz CT molecular complexity index is 674. The lowest BCUT2D eigenvalue weighted by atomic mass is 9.97. The standard InChI is InChI=1S/C16H18BrN3O/c1-18-16(21)12-3-2-8-20(10-12)15-7-4-11-9-13(17)5-6-14(11)19-15/h4-7,9,12H,2-3,8,10H2,1H3,(H,18,21). The van der Waals surface area contributed by atoms with Crippen LogP contribution in [0, 0.1) is 5.92 Å². The molecule has 2 aromatic rings. The van der Waals surface area contributed by atoms with E-state index < -0.39 is 0 Å². The number of nitrogens with one attached hydrogen (secondary N) is 1. The van der Waals surface area contributed by atoms with Gasteiger partial charge in [0.05, 0.1) is 11.4 Å². The largest absolute Gasteiger partial charge is 0.359 e. The van der Waals surface area contributed by atoms with E-state index in [1.165, 1.54) is 0 Å². The third-order valence-electron chi connectivity index (χ3n) is 4.00. The van der Waals surface area contributed by atoms with E-state index in [0.29, 0.717) is 0 Å². The molecule has 1 aromatic heterocycles. The highest BCUT2D eigenvalue weighted by Crippen LogP contribution is 2.25. The molecule has 5 heteroatoms. The number of halogens is 1. The van der Waals surface area contributed by atoms with Gasteiger partial charge in [-0.2, -0.15) is 0 Å². The van der Waals surface area contributed by atoms with Crippen LogP contribution >= 0.6 is 15.9 Å². The molecule has 2 heterocycles. The van der Waals surface area contributed by atoms with Gasteiger partial charge >= 0.3 is 0 Å². The van der Waals surface area contributed by atoms with Gasteiger partial charge in [-0.15, -0.1) is 0 Å². The van der Waals surface area contributed by atoms with Crippen molar-refractivity contribution >= 4 is 38.6 Å². The molecule has 0 radical (unpaired) electrons. The highest BCUT2D eigenvalue weighted by molar-refractivity contribution is 9.10. The van der Waals surface area contributed by atoms with Crippen LogP contribution in [-0.2, 0) is 4.79 Å². The second kappa shape index (κ2) is 6.02. The van der Waals surface area contributed by atoms with Crippen molar-refractivity contribution in [3.63, 3.8) is 0 Å². The number of amides is 1. The number of rotatable bonds is 2. The Morgan fingerprint density at radius 1 is 1.38 bits per heavy atom. The van der Waals surface area contributed by atoms with Crippen LogP contribution in [0.15, 0.2) is 34.8 Å². The molecule has 1 N–H and O–H groups in total. The molecule has 3 rings (SSSR count). The molecule has 1 aliphatic rings. The molecule has 1 amide bonds. The fourth-order valence-electron chi connectivity index (χ4n) is 2.87. The smallest absolute Gasteiger partial charge is 0.224 e. The first-order chi connectivity index (χ1) is 10.2. The summed E-state index contributed by atoms with van der Waals surface area (Å²) in [6.45, 7) is 1.71. The van der Waals surface area contributed by atoms with E-state index in [1.54, 1.807) is 7.05 Å². The van der Waals surface area contributed by atoms with E-state index in [1.807, 2.05) is 18.2 Å². The molecule has 110 valence electrons. The maximum absolute atomic E-state index is 11.8. The lowest BCUT2D eigenvalue weighted by Crippen LogP contribution is -2.42. The van der Waals surface area contributed by atoms with Gasteiger partial charge in [-0.25, -0.2) is 4.98 Å². The van der Waals surface area contributed by atoms with Crippen molar-refractivity contribution in [2.45, 2.75) is 12.8 Å². The van der Waals surface area contributed by atoms with Crippen molar-refractivity contribution in [1.29, 1.82) is 0 Å². The summed E-state index contributed by atoms with van der Waals surface area (Å²) in [5.41, 5.74) is 0.984. The Morgan fingerprint density at radius 3 is 3.05 bits per heavy atom. The van der Waals surface area contributed by atoms with Crippen molar-refractivity contribution in [3.05, 3.63) is 34.8 Å². The molecule has 0 bridgehead atoms. The molecule has 0 spiro atoms. The number of pyridine rings is 1. The van der Waals surface area contributed by atoms with Crippen LogP contribution < -0.4 is 10.2 Å². The van der Waals surface area contributed by atoms with Crippen molar-refractivity contribution in [3.8, 4) is 0 Å². The van der Waals surface area contributed by atoms with Gasteiger partial charge in [0.15, 0.2) is 0 Å². The number of fused-ring (bicyclic) bond motifs is 1. The molecule has 1 unspecified atom stereocenters. The van der Waals surface area contributed by atoms with Gasteiger partial charge in [-0.05, 0) is 43.2 Å². The summed E-state index contributed by atoms with van der Waals surface area (Å²) in [7, 11) is 1.70. The molecular formula is C16H18BrN3O. The Balaban J connectivity index is 1.86. The second-order valence-corrected chi connectivity index (χ2v) is 6.32. The molecule has 0 saturated carbocycles. The molecule has 1 saturated heterocycles. The normalized spacial score (nSPS) is 18.8. The summed E-state index contributed by atoms with van der Waals surface area (Å²) < 4.78 is 1.06. The SMILES string of the molecule is CNC(=O)C1CCCN(c2ccc3cc(Br)ccc3n2)C1. The third kappa shape index (κ3) is 3.02. The predicted octanol–water partition coefficient (Wildman–Crippen LogP) is 2.96. The first-order valence-corrected chi connectivity index (χ1v) is 7.99. The van der Waals surface area contributed by atoms with E-state index in [9.17, 15) is 4.79 Å². The van der Waals surface area contributed by atoms with Gasteiger partial charge in [0.2, 0.25) is 5.91 Å². The maximum atomic E-state index is 11.8. The first kappa shape index (κ1) is 14.3. The highest BCUT2D eigenvalue weighted by atomic mass is 79.9. The van der Waals surface area contributed by atoms with Crippen molar-refractivity contribution < 1.29 is 4.79 Å². The van der Waals surface area contributed by atoms with Crippen LogP contribution in [0.4, 0.5) is 5.82 Å². The van der Waals surface area contributed by atoms with Crippen LogP contribution in [0.2, 0.25) is 0 Å². The van der Waals surface area contributed by atoms with E-state index in [4.69, 9.17) is 4.98 Å². The van der Waals surface area contributed by atoms with Crippen LogP contribution in [0.3, 0.4) is 0 Å². The predicted molar refractivity (Wildman–Crippen MR) is 88.4 cm³/mol. The number of nitrogens with zero attached hydrogens (tertiary/aromatic N) is 2. The second-order valence-electron chi connectivity index (χ2n) is 5.41. The zero-order valence-electron chi connectivity index (χ0n) is 12.0. The van der Waals surface area contributed by atoms with Gasteiger partial charge in [-0.3, -0.25) is 4.79 Å². The number of hydrogen-bond donors (Lipinski definition) is 1. The summed E-state index contributed by atoms with van der Waals surface area (Å²) in [6, 6.07) is 10.2. The van der Waals surface area contributed by atoms with Crippen LogP contribution in [-0.4, -0.2) is 31.0 Å². The number of anilines is 1. The number of aromatic nitrogens is 1. The lowest BCUT2D eigenvalue weighted by Gasteiger charge is -2.32. The molecule has 0 aliphatic carbocycles. The number of carbonyl (C=O) groups excluding carboxylic acids is 1. The minimum Gasteiger partial charge on any atom is -0.359 e. The van der Waals surface area contributed by atoms with Crippen molar-refractivity contribution in [2.24, 2.45) is 5.92 Å². The van der Waals surface area contributed by atoms with Crippen molar-refractivity contribution in [2.75, 3.05) is 25.0 Å². The topological polar surface area (TPSA) is 45.2 Å². The van der Waals surface area contributed by atoms with E-state index in [-0.39, 0.29) is 11.8 Å². The summed E-state index contributed by atoms with van der Waals surface area (Å²) in [4.78, 5) is 18.8. The van der Waals surface area contributed by atoms with Gasteiger partial charge < -0.3 is 10.2 Å². The summed E-state index contributed by atoms with van der Waals surface area (Å²) in [5, 5.41) is 3.87. The first-order valence-electron chi connectivity index (χ1n) is 7.20. The average Bonchev–Trinajstić information content (AvgIpc) is 2.53. The van der Waals surface area contributed by atoms with Gasteiger partial charge in [0, 0.05) is 30.0 Å². The number of benzene rings is 1. The van der Waals surface area contributed by atoms with Gasteiger partial charge in [0.1, 0.15) is 5.82 Å². The Kier molecular flexibility index (Phi) is 4.10. The molecule has 1 aliphatic heterocycles. The highest BCUT2D eigenvalue weighted by Gasteiger charge is 2.25. The minimum atomic E-state index is 0.0613. The Morgan fingerprint density at radius 2 is 2.24 bits per heavy atom. The third-order valence-corrected chi connectivity index (χ3v) is 4.49. The number of piperidine rings is 1. The van der Waals surface area contributed by atoms with Crippen LogP contribution in [0.25, 0.3) is 10.9 Å². The van der Waals surface area contributed by atoms with Crippen LogP contribution in [0.1, 0.15) is 12.8 Å². The van der Waals surface area contributed by atoms with Crippen LogP contribution in [0.5, 0.6) is 0 Å². The fourth-order valence-corrected chi connectivity index (χ4v) is 3.24. The summed E-state index contributed by atoms with van der Waals surface area (Å²) >= 11 is 3.48. The zero-order valence-corrected chi connectivity index (χ0v) is 13.6. The molecular weight excluding hydrogens is 330 g/mol. The summed E-state index contributed by atoms with van der Waals surface area (Å²) in [5.74, 6) is 1.15. The van der Waals surface area contributed by atoms with Crippen molar-refractivity contribution in [1.82, 2.24) is 10.3 Å². The molecule has 1 atom stereocenters. The number of carbonyl (C=O) groups is 1. The van der Waals surface area contributed by atoms with Gasteiger partial charge in [-0.1, -0.05) is 15.9 Å². The lowest BCUT2D eigenvalue weighted by molar-refractivity contribution is -0.124. The Labute approximate surface area is 132 Å². The fraction of sp³-hybridized carbons (Fsp3) is 0.375. The number of hydrogen-bond acceptors (Lipinski definition) is 3. The van der Waals surface area contributed by atoms with Gasteiger partial charge in [0.25, 0.3) is 0 Å². The van der Waals surface area contributed by atoms with E-state index in [0.717, 1.165) is 47.1 Å². The zero-order chi connectivity index (χ0) is 14.8. The molecule has 1 fully saturated rings. The average molecular weight is 348 g/mol. The molecule has 1 aromatic carbocycles. The molecule has 21 heavy (non-hydrogen) atoms. The summed E-state index contributed by atoms with van der Waals surface area (Å²) in [6.07, 6.45) is 1.98. The Hall–Kier alpha value is -1.62. The maximum Gasteiger partial charge on any atom is 0.224 e.